The number of nitrogens with zero attached hydrogens (tertiary/aromatic N) is 1. The molecule has 21 rings (SSSR count). The van der Waals surface area contributed by atoms with Crippen molar-refractivity contribution in [2.45, 2.75) is 0 Å². The number of halogens is 5. The minimum absolute atomic E-state index is 0.0165. The van der Waals surface area contributed by atoms with Crippen LogP contribution in [0, 0.1) is 17.5 Å². The Bertz CT molecular complexity index is 8330. The molecule has 0 aliphatic carbocycles. The third kappa shape index (κ3) is 27.0. The Morgan fingerprint density at radius 2 is 0.487 bits per heavy atom. The van der Waals surface area contributed by atoms with Crippen LogP contribution in [0.15, 0.2) is 419 Å². The first kappa shape index (κ1) is 104. The molecule has 0 aliphatic rings. The molecule has 0 bridgehead atoms. The van der Waals surface area contributed by atoms with Crippen molar-refractivity contribution in [2.75, 3.05) is 56.7 Å². The van der Waals surface area contributed by atoms with Crippen molar-refractivity contribution < 1.29 is 92.3 Å². The Morgan fingerprint density at radius 3 is 0.773 bits per heavy atom. The molecule has 0 unspecified atom stereocenters. The first-order chi connectivity index (χ1) is 72.3. The van der Waals surface area contributed by atoms with Crippen LogP contribution in [0.4, 0.5) is 58.7 Å². The molecular weight excluding hydrogens is 1950 g/mol. The molecule has 0 heterocycles. The first-order valence-corrected chi connectivity index (χ1v) is 46.8. The SMILES string of the molecule is CN(C(=O)c1cc2ccccc2cc1O)c1ccc(Cl)cc1.COc1ccc(NC(=O)c2cc3ccccc3cc2O)cc1.Nc1ccc(NC(=O)c2cc3ccccc3cc2O)cc1.O=C(Nc1ccc(F)c(Cl)c1)c1cc2ccccc2cc1O.O=C(Nc1ccc(F)c(F)c1)c1cc2ccccc2cc1O.O=C(Nc1ccc(O)cc1)c1cc2ccccc2cc1O.O=C(Nc1ccccc1)c1cc2ccccc2cc1O. The molecule has 21 aromatic rings. The number of benzene rings is 21. The van der Waals surface area contributed by atoms with Crippen LogP contribution < -0.4 is 47.3 Å². The maximum absolute atomic E-state index is 13.1. The standard InChI is InChI=1S/C18H14ClNO2.C18H15NO3.C17H11ClFNO2.C17H11F2NO2.C17H14N2O2.C17H13NO3.C17H13NO2/c1-20(15-8-6-14(19)7-9-15)18(22)16-10-12-4-2-3-5-13(12)11-17(16)21;1-22-15-8-6-14(7-9-15)19-18(21)16-10-12-4-2-3-5-13(12)11-17(16)20;18-14-9-12(5-6-15(14)19)20-17(22)13-7-10-3-1-2-4-11(10)8-16(13)21;18-14-6-5-12(9-15(14)19)20-17(22)13-7-10-3-1-2-4-11(10)8-16(13)21;18-13-5-7-14(8-6-13)19-17(21)15-9-11-3-1-2-4-12(11)10-16(15)20;19-14-7-5-13(6-8-14)18-17(21)15-9-11-3-1-2-4-12(11)10-16(15)20;19-16-11-13-7-5-4-6-12(13)10-15(16)17(20)18-14-8-2-1-3-9-14/h2-11,21H,1H3;2-11,20H,1H3,(H,19,21);2*1-9,21H,(H,20,22);1-10,20H,18H2,(H,19,21);1-10,19-20H,(H,18,21);1-11,19H,(H,18,20). The molecule has 0 saturated heterocycles. The van der Waals surface area contributed by atoms with E-state index >= 15 is 0 Å². The molecule has 0 fully saturated rings. The van der Waals surface area contributed by atoms with Gasteiger partial charge in [0.1, 0.15) is 57.6 Å². The zero-order chi connectivity index (χ0) is 106. The number of aromatic hydroxyl groups is 8. The van der Waals surface area contributed by atoms with Gasteiger partial charge in [-0.1, -0.05) is 211 Å². The third-order valence-electron chi connectivity index (χ3n) is 23.3. The number of hydrogen-bond acceptors (Lipinski definition) is 17. The summed E-state index contributed by atoms with van der Waals surface area (Å²) in [5.74, 6) is -5.06. The molecule has 746 valence electrons. The molecule has 7 amide bonds. The second-order valence-electron chi connectivity index (χ2n) is 33.6. The zero-order valence-electron chi connectivity index (χ0n) is 79.6. The van der Waals surface area contributed by atoms with Gasteiger partial charge >= 0.3 is 0 Å². The van der Waals surface area contributed by atoms with E-state index in [9.17, 15) is 87.6 Å². The lowest BCUT2D eigenvalue weighted by atomic mass is 10.0. The molecule has 0 radical (unpaired) electrons. The summed E-state index contributed by atoms with van der Waals surface area (Å²) in [7, 11) is 3.25. The lowest BCUT2D eigenvalue weighted by Gasteiger charge is -2.18. The van der Waals surface area contributed by atoms with E-state index in [0.717, 1.165) is 93.6 Å². The molecule has 29 heteroatoms. The van der Waals surface area contributed by atoms with E-state index in [-0.39, 0.29) is 119 Å². The minimum Gasteiger partial charge on any atom is -0.508 e. The molecule has 16 N–H and O–H groups in total. The van der Waals surface area contributed by atoms with Crippen LogP contribution in [0.3, 0.4) is 0 Å². The Balaban J connectivity index is 0.000000131. The minimum atomic E-state index is -1.06. The van der Waals surface area contributed by atoms with Crippen molar-refractivity contribution in [1.29, 1.82) is 0 Å². The average Bonchev–Trinajstić information content (AvgIpc) is 0.841. The number of anilines is 8. The lowest BCUT2D eigenvalue weighted by molar-refractivity contribution is 0.0985. The number of phenols is 8. The quantitative estimate of drug-likeness (QED) is 0.0335. The highest BCUT2D eigenvalue weighted by atomic mass is 35.5. The van der Waals surface area contributed by atoms with Crippen molar-refractivity contribution in [1.82, 2.24) is 0 Å². The lowest BCUT2D eigenvalue weighted by Crippen LogP contribution is -2.26. The van der Waals surface area contributed by atoms with E-state index in [1.54, 1.807) is 184 Å². The second kappa shape index (κ2) is 48.5. The van der Waals surface area contributed by atoms with Gasteiger partial charge < -0.3 is 88.1 Å². The summed E-state index contributed by atoms with van der Waals surface area (Å²) < 4.78 is 44.2. The summed E-state index contributed by atoms with van der Waals surface area (Å²) in [6.45, 7) is 0. The van der Waals surface area contributed by atoms with Crippen LogP contribution in [-0.4, -0.2) is 96.4 Å². The van der Waals surface area contributed by atoms with Gasteiger partial charge in [-0.2, -0.15) is 0 Å². The summed E-state index contributed by atoms with van der Waals surface area (Å²) >= 11 is 11.5. The zero-order valence-corrected chi connectivity index (χ0v) is 81.1. The summed E-state index contributed by atoms with van der Waals surface area (Å²) in [5.41, 5.74) is 11.3. The first-order valence-electron chi connectivity index (χ1n) is 46.0. The fourth-order valence-corrected chi connectivity index (χ4v) is 15.8. The summed E-state index contributed by atoms with van der Waals surface area (Å²) in [6.07, 6.45) is 0. The van der Waals surface area contributed by atoms with E-state index in [0.29, 0.717) is 50.6 Å². The fraction of sp³-hybridized carbons (Fsp3) is 0.0165. The molecular formula is C121H91Cl2F3N8O16. The number of amides is 7. The van der Waals surface area contributed by atoms with Crippen LogP contribution in [-0.2, 0) is 0 Å². The number of rotatable bonds is 15. The van der Waals surface area contributed by atoms with E-state index in [1.165, 1.54) is 47.4 Å². The molecule has 0 spiro atoms. The number of hydrogen-bond donors (Lipinski definition) is 15. The highest BCUT2D eigenvalue weighted by molar-refractivity contribution is 6.31. The van der Waals surface area contributed by atoms with Gasteiger partial charge in [0.2, 0.25) is 0 Å². The Hall–Kier alpha value is -19.9. The average molecular weight is 2040 g/mol. The van der Waals surface area contributed by atoms with E-state index in [1.807, 2.05) is 188 Å². The van der Waals surface area contributed by atoms with Crippen molar-refractivity contribution in [3.63, 3.8) is 0 Å². The molecule has 0 aromatic heterocycles. The van der Waals surface area contributed by atoms with Gasteiger partial charge in [0.25, 0.3) is 41.4 Å². The molecule has 0 saturated carbocycles. The highest BCUT2D eigenvalue weighted by Crippen LogP contribution is 2.36. The largest absolute Gasteiger partial charge is 0.508 e. The summed E-state index contributed by atoms with van der Waals surface area (Å²) in [4.78, 5) is 87.6. The Morgan fingerprint density at radius 1 is 0.253 bits per heavy atom. The number of nitrogen functional groups attached to an aromatic ring is 1. The van der Waals surface area contributed by atoms with Crippen LogP contribution in [0.2, 0.25) is 10.0 Å². The molecule has 21 aromatic carbocycles. The van der Waals surface area contributed by atoms with Crippen LogP contribution in [0.1, 0.15) is 72.5 Å². The predicted molar refractivity (Wildman–Crippen MR) is 587 cm³/mol. The number of nitrogens with one attached hydrogen (secondary N) is 6. The molecule has 150 heavy (non-hydrogen) atoms. The Kier molecular flexibility index (Phi) is 33.7. The van der Waals surface area contributed by atoms with Crippen molar-refractivity contribution in [2.24, 2.45) is 0 Å². The van der Waals surface area contributed by atoms with Crippen molar-refractivity contribution in [3.05, 3.63) is 485 Å². The number of carbonyl (C=O) groups excluding carboxylic acids is 7. The summed E-state index contributed by atoms with van der Waals surface area (Å²) in [5, 5.41) is 108. The van der Waals surface area contributed by atoms with Gasteiger partial charge in [-0.25, -0.2) is 13.2 Å². The maximum atomic E-state index is 13.1. The molecule has 24 nitrogen and oxygen atoms in total. The predicted octanol–water partition coefficient (Wildman–Crippen LogP) is 27.6. The second-order valence-corrected chi connectivity index (χ2v) is 34.4. The third-order valence-corrected chi connectivity index (χ3v) is 23.8. The number of ether oxygens (including phenoxy) is 1. The number of phenolic OH excluding ortho intramolecular Hbond substituents is 8. The number of fused-ring (bicyclic) bond motifs is 7. The Labute approximate surface area is 865 Å². The van der Waals surface area contributed by atoms with Crippen LogP contribution in [0.5, 0.6) is 51.7 Å². The van der Waals surface area contributed by atoms with Crippen LogP contribution in [0.25, 0.3) is 75.4 Å². The topological polar surface area (TPSA) is 392 Å². The van der Waals surface area contributed by atoms with Gasteiger partial charge in [0, 0.05) is 63.6 Å². The van der Waals surface area contributed by atoms with Crippen molar-refractivity contribution >= 4 is 185 Å². The number of para-hydroxylation sites is 1. The van der Waals surface area contributed by atoms with E-state index < -0.39 is 35.2 Å². The van der Waals surface area contributed by atoms with Gasteiger partial charge in [-0.3, -0.25) is 33.6 Å². The van der Waals surface area contributed by atoms with Gasteiger partial charge in [-0.15, -0.1) is 0 Å². The van der Waals surface area contributed by atoms with E-state index in [2.05, 4.69) is 31.9 Å². The fourth-order valence-electron chi connectivity index (χ4n) is 15.5. The van der Waals surface area contributed by atoms with Gasteiger partial charge in [0.05, 0.1) is 51.1 Å². The van der Waals surface area contributed by atoms with Crippen LogP contribution >= 0.6 is 23.2 Å². The smallest absolute Gasteiger partial charge is 0.261 e. The number of nitrogens with two attached hydrogens (primary N) is 1. The highest BCUT2D eigenvalue weighted by Gasteiger charge is 2.23. The monoisotopic (exact) mass is 2040 g/mol. The van der Waals surface area contributed by atoms with Gasteiger partial charge in [-0.05, 0) is 300 Å². The number of methoxy groups -OCH3 is 1. The molecule has 0 aliphatic heterocycles. The summed E-state index contributed by atoms with van der Waals surface area (Å²) in [6, 6.07) is 118. The number of carbonyl (C=O) groups is 7. The van der Waals surface area contributed by atoms with Crippen molar-refractivity contribution in [3.8, 4) is 51.7 Å². The van der Waals surface area contributed by atoms with E-state index in [4.69, 9.17) is 33.7 Å². The maximum Gasteiger partial charge on any atom is 0.261 e. The van der Waals surface area contributed by atoms with Gasteiger partial charge in [0.15, 0.2) is 11.6 Å². The molecule has 0 atom stereocenters. The normalized spacial score (nSPS) is 10.5.